The van der Waals surface area contributed by atoms with Gasteiger partial charge in [-0.3, -0.25) is 10.00 Å². The first-order valence-corrected chi connectivity index (χ1v) is 6.86. The third kappa shape index (κ3) is 2.43. The molecule has 100 valence electrons. The minimum absolute atomic E-state index is 0.356. The van der Waals surface area contributed by atoms with E-state index in [0.717, 1.165) is 19.8 Å². The minimum Gasteiger partial charge on any atom is -0.378 e. The number of aromatic amines is 1. The Balaban J connectivity index is 1.72. The first kappa shape index (κ1) is 12.1. The molecule has 0 amide bonds. The summed E-state index contributed by atoms with van der Waals surface area (Å²) in [5.74, 6) is 0. The van der Waals surface area contributed by atoms with Crippen molar-refractivity contribution in [1.29, 1.82) is 0 Å². The van der Waals surface area contributed by atoms with Crippen molar-refractivity contribution in [3.8, 4) is 0 Å². The van der Waals surface area contributed by atoms with Crippen molar-refractivity contribution in [3.63, 3.8) is 0 Å². The second-order valence-electron chi connectivity index (χ2n) is 5.37. The number of hydrogen-bond donors (Lipinski definition) is 1. The Hall–Kier alpha value is -0.910. The second-order valence-corrected chi connectivity index (χ2v) is 5.37. The van der Waals surface area contributed by atoms with Gasteiger partial charge in [-0.1, -0.05) is 0 Å². The van der Waals surface area contributed by atoms with Crippen LogP contribution in [0.3, 0.4) is 0 Å². The number of morpholine rings is 1. The lowest BCUT2D eigenvalue weighted by atomic mass is 10.00. The van der Waals surface area contributed by atoms with Gasteiger partial charge in [-0.15, -0.1) is 0 Å². The van der Waals surface area contributed by atoms with E-state index in [0.29, 0.717) is 12.1 Å². The Kier molecular flexibility index (Phi) is 3.63. The molecule has 0 aromatic carbocycles. The van der Waals surface area contributed by atoms with Crippen LogP contribution in [0.1, 0.15) is 24.6 Å². The van der Waals surface area contributed by atoms with Crippen LogP contribution in [0.4, 0.5) is 0 Å². The fourth-order valence-corrected chi connectivity index (χ4v) is 3.10. The monoisotopic (exact) mass is 250 g/mol. The molecule has 5 heteroatoms. The second kappa shape index (κ2) is 5.38. The molecule has 1 atom stereocenters. The summed E-state index contributed by atoms with van der Waals surface area (Å²) >= 11 is 0. The molecule has 0 aliphatic carbocycles. The number of likely N-dealkylation sites (tertiary alicyclic amines) is 1. The summed E-state index contributed by atoms with van der Waals surface area (Å²) in [7, 11) is 2.21. The number of ether oxygens (including phenoxy) is 1. The summed E-state index contributed by atoms with van der Waals surface area (Å²) < 4.78 is 5.65. The number of piperidine rings is 1. The Labute approximate surface area is 108 Å². The highest BCUT2D eigenvalue weighted by Crippen LogP contribution is 2.28. The smallest absolute Gasteiger partial charge is 0.0755 e. The number of hydrogen-bond acceptors (Lipinski definition) is 4. The highest BCUT2D eigenvalue weighted by molar-refractivity contribution is 5.07. The van der Waals surface area contributed by atoms with Crippen molar-refractivity contribution in [2.45, 2.75) is 24.9 Å². The molecule has 0 saturated carbocycles. The summed E-state index contributed by atoms with van der Waals surface area (Å²) in [5.41, 5.74) is 1.19. The quantitative estimate of drug-likeness (QED) is 0.846. The fourth-order valence-electron chi connectivity index (χ4n) is 3.10. The van der Waals surface area contributed by atoms with E-state index < -0.39 is 0 Å². The number of H-pyrrole nitrogens is 1. The van der Waals surface area contributed by atoms with Gasteiger partial charge in [0.2, 0.25) is 0 Å². The summed E-state index contributed by atoms with van der Waals surface area (Å²) in [6.45, 7) is 5.10. The maximum absolute atomic E-state index is 5.65. The van der Waals surface area contributed by atoms with Gasteiger partial charge in [0, 0.05) is 18.8 Å². The molecule has 1 aromatic heterocycles. The van der Waals surface area contributed by atoms with E-state index in [9.17, 15) is 0 Å². The molecule has 0 bridgehead atoms. The van der Waals surface area contributed by atoms with Gasteiger partial charge >= 0.3 is 0 Å². The number of nitrogens with zero attached hydrogens (tertiary/aromatic N) is 3. The van der Waals surface area contributed by atoms with Crippen LogP contribution in [-0.2, 0) is 4.74 Å². The average molecular weight is 250 g/mol. The van der Waals surface area contributed by atoms with Crippen LogP contribution in [-0.4, -0.2) is 65.9 Å². The van der Waals surface area contributed by atoms with Gasteiger partial charge in [0.1, 0.15) is 0 Å². The first-order valence-electron chi connectivity index (χ1n) is 6.86. The van der Waals surface area contributed by atoms with Crippen LogP contribution in [0.25, 0.3) is 0 Å². The molecular weight excluding hydrogens is 228 g/mol. The summed E-state index contributed by atoms with van der Waals surface area (Å²) in [5, 5.41) is 7.18. The van der Waals surface area contributed by atoms with Crippen LogP contribution in [0.2, 0.25) is 0 Å². The van der Waals surface area contributed by atoms with Crippen LogP contribution >= 0.6 is 0 Å². The lowest BCUT2D eigenvalue weighted by molar-refractivity contribution is -0.0429. The van der Waals surface area contributed by atoms with Gasteiger partial charge in [0.05, 0.1) is 24.9 Å². The molecule has 0 unspecified atom stereocenters. The summed E-state index contributed by atoms with van der Waals surface area (Å²) in [4.78, 5) is 5.03. The van der Waals surface area contributed by atoms with Gasteiger partial charge < -0.3 is 9.64 Å². The highest BCUT2D eigenvalue weighted by Gasteiger charge is 2.32. The topological polar surface area (TPSA) is 44.4 Å². The Morgan fingerprint density at radius 1 is 1.33 bits per heavy atom. The van der Waals surface area contributed by atoms with Crippen LogP contribution in [0.5, 0.6) is 0 Å². The molecular formula is C13H22N4O. The molecule has 1 aromatic rings. The standard InChI is InChI=1S/C13H22N4O/c1-16-6-3-11(4-7-16)17-8-9-18-10-13(17)12-2-5-14-15-12/h2,5,11,13H,3-4,6-10H2,1H3,(H,14,15)/t13-/m0/s1. The largest absolute Gasteiger partial charge is 0.378 e. The molecule has 2 saturated heterocycles. The zero-order valence-electron chi connectivity index (χ0n) is 11.0. The third-order valence-corrected chi connectivity index (χ3v) is 4.21. The summed E-state index contributed by atoms with van der Waals surface area (Å²) in [6, 6.07) is 3.12. The normalized spacial score (nSPS) is 28.6. The number of nitrogens with one attached hydrogen (secondary N) is 1. The molecule has 1 N–H and O–H groups in total. The van der Waals surface area contributed by atoms with E-state index in [2.05, 4.69) is 33.1 Å². The molecule has 18 heavy (non-hydrogen) atoms. The molecule has 0 radical (unpaired) electrons. The zero-order chi connectivity index (χ0) is 12.4. The van der Waals surface area contributed by atoms with E-state index in [-0.39, 0.29) is 0 Å². The molecule has 2 fully saturated rings. The molecule has 3 heterocycles. The molecule has 0 spiro atoms. The summed E-state index contributed by atoms with van der Waals surface area (Å²) in [6.07, 6.45) is 4.36. The van der Waals surface area contributed by atoms with E-state index in [4.69, 9.17) is 4.74 Å². The van der Waals surface area contributed by atoms with Crippen molar-refractivity contribution in [2.75, 3.05) is 39.9 Å². The highest BCUT2D eigenvalue weighted by atomic mass is 16.5. The lowest BCUT2D eigenvalue weighted by Crippen LogP contribution is -2.49. The van der Waals surface area contributed by atoms with Crippen LogP contribution in [0, 0.1) is 0 Å². The van der Waals surface area contributed by atoms with E-state index >= 15 is 0 Å². The predicted octanol–water partition coefficient (Wildman–Crippen LogP) is 0.877. The van der Waals surface area contributed by atoms with E-state index in [1.807, 2.05) is 6.20 Å². The lowest BCUT2D eigenvalue weighted by Gasteiger charge is -2.43. The van der Waals surface area contributed by atoms with Gasteiger partial charge in [0.25, 0.3) is 0 Å². The van der Waals surface area contributed by atoms with Crippen molar-refractivity contribution >= 4 is 0 Å². The Morgan fingerprint density at radius 3 is 2.89 bits per heavy atom. The van der Waals surface area contributed by atoms with Crippen molar-refractivity contribution < 1.29 is 4.74 Å². The maximum Gasteiger partial charge on any atom is 0.0755 e. The third-order valence-electron chi connectivity index (χ3n) is 4.21. The SMILES string of the molecule is CN1CCC(N2CCOC[C@H]2c2ccn[nH]2)CC1. The molecule has 3 rings (SSSR count). The van der Waals surface area contributed by atoms with Crippen molar-refractivity contribution in [1.82, 2.24) is 20.0 Å². The van der Waals surface area contributed by atoms with Gasteiger partial charge in [-0.05, 0) is 39.0 Å². The molecule has 2 aliphatic rings. The maximum atomic E-state index is 5.65. The van der Waals surface area contributed by atoms with Gasteiger partial charge in [-0.2, -0.15) is 5.10 Å². The van der Waals surface area contributed by atoms with E-state index in [1.54, 1.807) is 0 Å². The van der Waals surface area contributed by atoms with Crippen molar-refractivity contribution in [3.05, 3.63) is 18.0 Å². The van der Waals surface area contributed by atoms with Crippen LogP contribution < -0.4 is 0 Å². The predicted molar refractivity (Wildman–Crippen MR) is 69.4 cm³/mol. The molecule has 2 aliphatic heterocycles. The average Bonchev–Trinajstić information content (AvgIpc) is 2.93. The Morgan fingerprint density at radius 2 is 2.17 bits per heavy atom. The number of aromatic nitrogens is 2. The zero-order valence-corrected chi connectivity index (χ0v) is 11.0. The Bertz CT molecular complexity index is 359. The van der Waals surface area contributed by atoms with E-state index in [1.165, 1.54) is 31.6 Å². The minimum atomic E-state index is 0.356. The van der Waals surface area contributed by atoms with Crippen molar-refractivity contribution in [2.24, 2.45) is 0 Å². The van der Waals surface area contributed by atoms with Crippen LogP contribution in [0.15, 0.2) is 12.3 Å². The number of rotatable bonds is 2. The van der Waals surface area contributed by atoms with Gasteiger partial charge in [0.15, 0.2) is 0 Å². The first-order chi connectivity index (χ1) is 8.84. The fraction of sp³-hybridized carbons (Fsp3) is 0.769. The molecule has 5 nitrogen and oxygen atoms in total. The van der Waals surface area contributed by atoms with Gasteiger partial charge in [-0.25, -0.2) is 0 Å².